The second kappa shape index (κ2) is 6.93. The number of hydrogen-bond donors (Lipinski definition) is 0. The lowest BCUT2D eigenvalue weighted by Crippen LogP contribution is -2.16. The van der Waals surface area contributed by atoms with Crippen LogP contribution >= 0.6 is 0 Å². The molecule has 7 nitrogen and oxygen atoms in total. The van der Waals surface area contributed by atoms with Crippen molar-refractivity contribution in [3.8, 4) is 29.0 Å². The number of ether oxygens (including phenoxy) is 2. The third kappa shape index (κ3) is 3.23. The van der Waals surface area contributed by atoms with Gasteiger partial charge in [-0.05, 0) is 35.9 Å². The molecule has 0 amide bonds. The van der Waals surface area contributed by atoms with E-state index >= 15 is 0 Å². The summed E-state index contributed by atoms with van der Waals surface area (Å²) in [6.07, 6.45) is 0. The van der Waals surface area contributed by atoms with E-state index in [4.69, 9.17) is 19.3 Å². The Morgan fingerprint density at radius 1 is 1.12 bits per heavy atom. The van der Waals surface area contributed by atoms with Gasteiger partial charge in [0, 0.05) is 5.56 Å². The van der Waals surface area contributed by atoms with Crippen LogP contribution in [0.3, 0.4) is 0 Å². The van der Waals surface area contributed by atoms with Gasteiger partial charge in [-0.3, -0.25) is 9.09 Å². The maximum absolute atomic E-state index is 12.0. The van der Waals surface area contributed by atoms with Crippen molar-refractivity contribution in [2.45, 2.75) is 6.54 Å². The van der Waals surface area contributed by atoms with Crippen molar-refractivity contribution in [3.63, 3.8) is 0 Å². The fraction of sp³-hybridized carbons (Fsp3) is 0.167. The summed E-state index contributed by atoms with van der Waals surface area (Å²) in [5, 5.41) is 12.7. The Balaban J connectivity index is 1.99. The van der Waals surface area contributed by atoms with Gasteiger partial charge in [-0.25, -0.2) is 4.79 Å². The third-order valence-electron chi connectivity index (χ3n) is 3.75. The van der Waals surface area contributed by atoms with Crippen molar-refractivity contribution in [2.75, 3.05) is 14.2 Å². The molecule has 2 aromatic carbocycles. The van der Waals surface area contributed by atoms with Crippen LogP contribution in [0.4, 0.5) is 0 Å². The van der Waals surface area contributed by atoms with Crippen LogP contribution in [0.2, 0.25) is 0 Å². The number of benzene rings is 2. The molecule has 0 radical (unpaired) electrons. The first-order valence-electron chi connectivity index (χ1n) is 7.44. The van der Waals surface area contributed by atoms with Crippen LogP contribution in [-0.2, 0) is 6.54 Å². The molecule has 126 valence electrons. The monoisotopic (exact) mass is 337 g/mol. The number of aromatic nitrogens is 2. The molecule has 0 N–H and O–H groups in total. The molecule has 3 aromatic rings. The molecule has 0 aliphatic rings. The van der Waals surface area contributed by atoms with E-state index in [-0.39, 0.29) is 6.54 Å². The third-order valence-corrected chi connectivity index (χ3v) is 3.75. The van der Waals surface area contributed by atoms with Gasteiger partial charge < -0.3 is 9.47 Å². The fourth-order valence-corrected chi connectivity index (χ4v) is 2.46. The SMILES string of the molecule is COc1ccc(-c2noc(=O)n2Cc2ccc(C#N)cc2)cc1OC. The summed E-state index contributed by atoms with van der Waals surface area (Å²) >= 11 is 0. The van der Waals surface area contributed by atoms with E-state index in [1.807, 2.05) is 0 Å². The average molecular weight is 337 g/mol. The molecule has 0 bridgehead atoms. The van der Waals surface area contributed by atoms with Gasteiger partial charge >= 0.3 is 5.76 Å². The number of nitriles is 1. The zero-order valence-electron chi connectivity index (χ0n) is 13.7. The van der Waals surface area contributed by atoms with Crippen molar-refractivity contribution in [2.24, 2.45) is 0 Å². The van der Waals surface area contributed by atoms with E-state index in [0.717, 1.165) is 5.56 Å². The largest absolute Gasteiger partial charge is 0.493 e. The Kier molecular flexibility index (Phi) is 4.53. The molecule has 25 heavy (non-hydrogen) atoms. The molecular weight excluding hydrogens is 322 g/mol. The lowest BCUT2D eigenvalue weighted by molar-refractivity contribution is 0.355. The molecule has 0 saturated heterocycles. The number of rotatable bonds is 5. The zero-order chi connectivity index (χ0) is 17.8. The minimum absolute atomic E-state index is 0.276. The van der Waals surface area contributed by atoms with Crippen LogP contribution in [0.1, 0.15) is 11.1 Å². The predicted molar refractivity (Wildman–Crippen MR) is 89.6 cm³/mol. The Bertz CT molecular complexity index is 981. The van der Waals surface area contributed by atoms with Gasteiger partial charge in [-0.1, -0.05) is 17.3 Å². The lowest BCUT2D eigenvalue weighted by atomic mass is 10.1. The summed E-state index contributed by atoms with van der Waals surface area (Å²) in [7, 11) is 3.09. The van der Waals surface area contributed by atoms with Crippen LogP contribution in [0, 0.1) is 11.3 Å². The Morgan fingerprint density at radius 3 is 2.48 bits per heavy atom. The smallest absolute Gasteiger partial charge is 0.442 e. The summed E-state index contributed by atoms with van der Waals surface area (Å²) in [6, 6.07) is 14.3. The molecule has 1 heterocycles. The van der Waals surface area contributed by atoms with Crippen molar-refractivity contribution < 1.29 is 14.0 Å². The normalized spacial score (nSPS) is 10.3. The van der Waals surface area contributed by atoms with Gasteiger partial charge in [-0.2, -0.15) is 5.26 Å². The maximum Gasteiger partial charge on any atom is 0.442 e. The highest BCUT2D eigenvalue weighted by atomic mass is 16.5. The minimum atomic E-state index is -0.561. The quantitative estimate of drug-likeness (QED) is 0.710. The molecule has 0 saturated carbocycles. The highest BCUT2D eigenvalue weighted by molar-refractivity contribution is 5.61. The second-order valence-electron chi connectivity index (χ2n) is 5.24. The average Bonchev–Trinajstić information content (AvgIpc) is 3.02. The molecule has 0 fully saturated rings. The first-order valence-corrected chi connectivity index (χ1v) is 7.44. The van der Waals surface area contributed by atoms with Crippen LogP contribution in [-0.4, -0.2) is 23.9 Å². The van der Waals surface area contributed by atoms with Crippen LogP contribution < -0.4 is 15.2 Å². The van der Waals surface area contributed by atoms with Crippen molar-refractivity contribution in [3.05, 3.63) is 64.1 Å². The van der Waals surface area contributed by atoms with E-state index in [0.29, 0.717) is 28.5 Å². The first kappa shape index (κ1) is 16.3. The topological polar surface area (TPSA) is 90.3 Å². The molecule has 0 aliphatic carbocycles. The summed E-state index contributed by atoms with van der Waals surface area (Å²) in [4.78, 5) is 12.0. The number of hydrogen-bond acceptors (Lipinski definition) is 6. The molecule has 7 heteroatoms. The van der Waals surface area contributed by atoms with Gasteiger partial charge in [0.15, 0.2) is 17.3 Å². The lowest BCUT2D eigenvalue weighted by Gasteiger charge is -2.09. The van der Waals surface area contributed by atoms with Crippen molar-refractivity contribution >= 4 is 0 Å². The predicted octanol–water partition coefficient (Wildman–Crippen LogP) is 2.44. The molecular formula is C18H15N3O4. The summed E-state index contributed by atoms with van der Waals surface area (Å²) in [5.74, 6) is 0.931. The number of nitrogens with zero attached hydrogens (tertiary/aromatic N) is 3. The Labute approximate surface area is 143 Å². The van der Waals surface area contributed by atoms with E-state index < -0.39 is 5.76 Å². The molecule has 0 unspecified atom stereocenters. The van der Waals surface area contributed by atoms with Gasteiger partial charge in [0.25, 0.3) is 0 Å². The Hall–Kier alpha value is -3.53. The standard InChI is InChI=1S/C18H15N3O4/c1-23-15-8-7-14(9-16(15)24-2)17-20-25-18(22)21(17)11-13-5-3-12(10-19)4-6-13/h3-9H,11H2,1-2H3. The molecule has 3 rings (SSSR count). The summed E-state index contributed by atoms with van der Waals surface area (Å²) in [5.41, 5.74) is 2.07. The highest BCUT2D eigenvalue weighted by Crippen LogP contribution is 2.31. The van der Waals surface area contributed by atoms with Crippen LogP contribution in [0.15, 0.2) is 51.8 Å². The zero-order valence-corrected chi connectivity index (χ0v) is 13.7. The Morgan fingerprint density at radius 2 is 1.84 bits per heavy atom. The van der Waals surface area contributed by atoms with Crippen molar-refractivity contribution in [1.82, 2.24) is 9.72 Å². The van der Waals surface area contributed by atoms with Crippen LogP contribution in [0.5, 0.6) is 11.5 Å². The van der Waals surface area contributed by atoms with Crippen LogP contribution in [0.25, 0.3) is 11.4 Å². The summed E-state index contributed by atoms with van der Waals surface area (Å²) in [6.45, 7) is 0.276. The maximum atomic E-state index is 12.0. The van der Waals surface area contributed by atoms with E-state index in [1.54, 1.807) is 49.6 Å². The van der Waals surface area contributed by atoms with Gasteiger partial charge in [0.2, 0.25) is 0 Å². The highest BCUT2D eigenvalue weighted by Gasteiger charge is 2.15. The molecule has 0 aliphatic heterocycles. The minimum Gasteiger partial charge on any atom is -0.493 e. The fourth-order valence-electron chi connectivity index (χ4n) is 2.46. The second-order valence-corrected chi connectivity index (χ2v) is 5.24. The van der Waals surface area contributed by atoms with E-state index in [1.165, 1.54) is 11.7 Å². The number of methoxy groups -OCH3 is 2. The first-order chi connectivity index (χ1) is 12.2. The van der Waals surface area contributed by atoms with Gasteiger partial charge in [-0.15, -0.1) is 0 Å². The summed E-state index contributed by atoms with van der Waals surface area (Å²) < 4.78 is 16.8. The van der Waals surface area contributed by atoms with Gasteiger partial charge in [0.1, 0.15) is 0 Å². The molecule has 0 atom stereocenters. The molecule has 0 spiro atoms. The molecule has 1 aromatic heterocycles. The van der Waals surface area contributed by atoms with Gasteiger partial charge in [0.05, 0.1) is 32.4 Å². The van der Waals surface area contributed by atoms with E-state index in [9.17, 15) is 4.79 Å². The van der Waals surface area contributed by atoms with Crippen molar-refractivity contribution in [1.29, 1.82) is 5.26 Å². The van der Waals surface area contributed by atoms with E-state index in [2.05, 4.69) is 11.2 Å².